The van der Waals surface area contributed by atoms with Crippen molar-refractivity contribution in [2.24, 2.45) is 10.9 Å². The number of amides is 1. The van der Waals surface area contributed by atoms with Crippen molar-refractivity contribution in [1.29, 1.82) is 0 Å². The van der Waals surface area contributed by atoms with E-state index in [4.69, 9.17) is 11.6 Å². The molecule has 1 aromatic carbocycles. The van der Waals surface area contributed by atoms with Crippen LogP contribution in [0.25, 0.3) is 0 Å². The number of carbonyl (C=O) groups is 1. The molecular formula is C24H31ClF5N3OS. The summed E-state index contributed by atoms with van der Waals surface area (Å²) in [6.45, 7) is 2.80. The molecule has 2 fully saturated rings. The topological polar surface area (TPSA) is 44.7 Å². The van der Waals surface area contributed by atoms with Gasteiger partial charge in [0.2, 0.25) is 5.92 Å². The summed E-state index contributed by atoms with van der Waals surface area (Å²) in [5, 5.41) is 3.47. The zero-order valence-electron chi connectivity index (χ0n) is 19.6. The van der Waals surface area contributed by atoms with Crippen molar-refractivity contribution in [3.8, 4) is 0 Å². The molecule has 1 N–H and O–H groups in total. The van der Waals surface area contributed by atoms with E-state index in [1.165, 1.54) is 23.9 Å². The summed E-state index contributed by atoms with van der Waals surface area (Å²) in [7, 11) is 0. The van der Waals surface area contributed by atoms with E-state index in [-0.39, 0.29) is 67.9 Å². The number of carbonyl (C=O) groups excluding carboxylic acids is 1. The van der Waals surface area contributed by atoms with E-state index in [1.807, 2.05) is 11.8 Å². The van der Waals surface area contributed by atoms with Crippen molar-refractivity contribution in [2.75, 3.05) is 31.9 Å². The number of halogens is 6. The Morgan fingerprint density at radius 3 is 2.40 bits per heavy atom. The number of piperidine rings is 1. The Labute approximate surface area is 212 Å². The van der Waals surface area contributed by atoms with Crippen LogP contribution in [0.4, 0.5) is 22.0 Å². The Bertz CT molecular complexity index is 877. The maximum Gasteiger partial charge on any atom is 0.255 e. The molecule has 196 valence electrons. The Morgan fingerprint density at radius 1 is 1.17 bits per heavy atom. The predicted molar refractivity (Wildman–Crippen MR) is 131 cm³/mol. The molecule has 0 bridgehead atoms. The molecular weight excluding hydrogens is 509 g/mol. The van der Waals surface area contributed by atoms with Crippen LogP contribution in [0.3, 0.4) is 0 Å². The number of rotatable bonds is 8. The lowest BCUT2D eigenvalue weighted by Gasteiger charge is -2.38. The fourth-order valence-corrected chi connectivity index (χ4v) is 6.07. The molecule has 1 aromatic rings. The summed E-state index contributed by atoms with van der Waals surface area (Å²) in [4.78, 5) is 19.1. The lowest BCUT2D eigenvalue weighted by molar-refractivity contribution is -0.0610. The second-order valence-corrected chi connectivity index (χ2v) is 10.6. The van der Waals surface area contributed by atoms with Gasteiger partial charge in [0.25, 0.3) is 11.8 Å². The number of alkyl halides is 4. The number of thioether (sulfide) groups is 1. The maximum atomic E-state index is 14.2. The lowest BCUT2D eigenvalue weighted by Crippen LogP contribution is -2.50. The number of nitrogens with zero attached hydrogens (tertiary/aromatic N) is 2. The first-order valence-corrected chi connectivity index (χ1v) is 13.3. The van der Waals surface area contributed by atoms with Gasteiger partial charge in [-0.05, 0) is 31.9 Å². The van der Waals surface area contributed by atoms with Gasteiger partial charge in [0.05, 0.1) is 15.6 Å². The number of nitrogens with one attached hydrogen (secondary N) is 1. The maximum absolute atomic E-state index is 14.2. The summed E-state index contributed by atoms with van der Waals surface area (Å²) in [5.41, 5.74) is -0.262. The number of likely N-dealkylation sites (tertiary alicyclic amines) is 1. The quantitative estimate of drug-likeness (QED) is 0.240. The van der Waals surface area contributed by atoms with E-state index in [2.05, 4.69) is 10.3 Å². The lowest BCUT2D eigenvalue weighted by atomic mass is 9.87. The van der Waals surface area contributed by atoms with Crippen LogP contribution >= 0.6 is 23.4 Å². The van der Waals surface area contributed by atoms with Crippen LogP contribution in [0.1, 0.15) is 55.8 Å². The van der Waals surface area contributed by atoms with E-state index in [9.17, 15) is 26.7 Å². The zero-order valence-corrected chi connectivity index (χ0v) is 21.2. The highest BCUT2D eigenvalue weighted by Crippen LogP contribution is 2.39. The Hall–Kier alpha value is -1.39. The normalized spacial score (nSPS) is 22.1. The molecule has 2 aliphatic rings. The largest absolute Gasteiger partial charge is 0.350 e. The minimum absolute atomic E-state index is 0.0162. The number of hydrogen-bond acceptors (Lipinski definition) is 4. The summed E-state index contributed by atoms with van der Waals surface area (Å²) in [5.74, 6) is -6.41. The fourth-order valence-electron chi connectivity index (χ4n) is 4.44. The molecule has 1 aliphatic carbocycles. The average molecular weight is 540 g/mol. The van der Waals surface area contributed by atoms with Gasteiger partial charge in [0.15, 0.2) is 0 Å². The van der Waals surface area contributed by atoms with E-state index in [1.54, 1.807) is 0 Å². The SMILES string of the molecule is CCN=C(SCC(CNC(=O)c1c(F)cccc1Cl)N1CCC(F)(F)CC1)C1CCC(F)(F)CC1. The molecule has 1 heterocycles. The van der Waals surface area contributed by atoms with Crippen molar-refractivity contribution in [3.63, 3.8) is 0 Å². The van der Waals surface area contributed by atoms with Gasteiger partial charge in [-0.1, -0.05) is 17.7 Å². The van der Waals surface area contributed by atoms with Gasteiger partial charge in [-0.25, -0.2) is 22.0 Å². The van der Waals surface area contributed by atoms with E-state index in [0.717, 1.165) is 11.1 Å². The predicted octanol–water partition coefficient (Wildman–Crippen LogP) is 6.29. The molecule has 4 nitrogen and oxygen atoms in total. The first kappa shape index (κ1) is 28.2. The minimum Gasteiger partial charge on any atom is -0.350 e. The molecule has 1 saturated carbocycles. The molecule has 1 aliphatic heterocycles. The molecule has 0 aromatic heterocycles. The second-order valence-electron chi connectivity index (χ2n) is 9.11. The molecule has 3 rings (SSSR count). The summed E-state index contributed by atoms with van der Waals surface area (Å²) >= 11 is 7.43. The van der Waals surface area contributed by atoms with Gasteiger partial charge in [0, 0.05) is 69.6 Å². The van der Waals surface area contributed by atoms with Crippen molar-refractivity contribution in [1.82, 2.24) is 10.2 Å². The summed E-state index contributed by atoms with van der Waals surface area (Å²) in [6, 6.07) is 3.64. The van der Waals surface area contributed by atoms with Gasteiger partial charge in [-0.15, -0.1) is 11.8 Å². The third kappa shape index (κ3) is 8.05. The van der Waals surface area contributed by atoms with Crippen molar-refractivity contribution >= 4 is 34.3 Å². The molecule has 0 radical (unpaired) electrons. The first-order chi connectivity index (χ1) is 16.5. The summed E-state index contributed by atoms with van der Waals surface area (Å²) < 4.78 is 68.9. The number of aliphatic imine (C=N–C) groups is 1. The minimum atomic E-state index is -2.72. The van der Waals surface area contributed by atoms with Gasteiger partial charge in [0.1, 0.15) is 5.82 Å². The summed E-state index contributed by atoms with van der Waals surface area (Å²) in [6.07, 6.45) is -0.218. The highest BCUT2D eigenvalue weighted by Gasteiger charge is 2.38. The van der Waals surface area contributed by atoms with E-state index in [0.29, 0.717) is 25.1 Å². The third-order valence-electron chi connectivity index (χ3n) is 6.54. The van der Waals surface area contributed by atoms with E-state index >= 15 is 0 Å². The number of hydrogen-bond donors (Lipinski definition) is 1. The van der Waals surface area contributed by atoms with Gasteiger partial charge >= 0.3 is 0 Å². The standard InChI is InChI=1S/C24H31ClF5N3OS/c1-2-31-22(16-6-8-23(27,28)9-7-16)35-15-17(33-12-10-24(29,30)11-13-33)14-32-21(34)20-18(25)4-3-5-19(20)26/h3-5,16-17H,2,6-15H2,1H3,(H,32,34). The third-order valence-corrected chi connectivity index (χ3v) is 8.16. The first-order valence-electron chi connectivity index (χ1n) is 11.9. The smallest absolute Gasteiger partial charge is 0.255 e. The van der Waals surface area contributed by atoms with Crippen molar-refractivity contribution in [3.05, 3.63) is 34.6 Å². The Balaban J connectivity index is 1.68. The van der Waals surface area contributed by atoms with E-state index < -0.39 is 23.6 Å². The van der Waals surface area contributed by atoms with Crippen LogP contribution in [0.5, 0.6) is 0 Å². The molecule has 1 atom stereocenters. The number of benzene rings is 1. The zero-order chi connectivity index (χ0) is 25.6. The van der Waals surface area contributed by atoms with Crippen LogP contribution in [0.15, 0.2) is 23.2 Å². The monoisotopic (exact) mass is 539 g/mol. The Kier molecular flexibility index (Phi) is 9.85. The van der Waals surface area contributed by atoms with Crippen LogP contribution in [-0.4, -0.2) is 65.7 Å². The van der Waals surface area contributed by atoms with Crippen LogP contribution < -0.4 is 5.32 Å². The Morgan fingerprint density at radius 2 is 1.80 bits per heavy atom. The van der Waals surface area contributed by atoms with Crippen molar-refractivity contribution in [2.45, 2.75) is 63.3 Å². The average Bonchev–Trinajstić information content (AvgIpc) is 2.79. The molecule has 1 unspecified atom stereocenters. The van der Waals surface area contributed by atoms with Gasteiger partial charge < -0.3 is 5.32 Å². The molecule has 0 spiro atoms. The highest BCUT2D eigenvalue weighted by atomic mass is 35.5. The molecule has 1 saturated heterocycles. The van der Waals surface area contributed by atoms with Crippen LogP contribution in [0, 0.1) is 11.7 Å². The van der Waals surface area contributed by atoms with Gasteiger partial charge in [-0.2, -0.15) is 0 Å². The van der Waals surface area contributed by atoms with Gasteiger partial charge in [-0.3, -0.25) is 14.7 Å². The molecule has 11 heteroatoms. The second kappa shape index (κ2) is 12.2. The highest BCUT2D eigenvalue weighted by molar-refractivity contribution is 8.14. The molecule has 1 amide bonds. The van der Waals surface area contributed by atoms with Crippen LogP contribution in [-0.2, 0) is 0 Å². The molecule has 35 heavy (non-hydrogen) atoms. The fraction of sp³-hybridized carbons (Fsp3) is 0.667. The van der Waals surface area contributed by atoms with Crippen molar-refractivity contribution < 1.29 is 26.7 Å². The van der Waals surface area contributed by atoms with Crippen LogP contribution in [0.2, 0.25) is 5.02 Å².